The number of hydrogen-bond acceptors (Lipinski definition) is 5. The molecule has 2 aromatic rings. The molecule has 98 valence electrons. The fraction of sp³-hybridized carbons (Fsp3) is 0.364. The molecule has 0 spiro atoms. The zero-order chi connectivity index (χ0) is 13.2. The Hall–Kier alpha value is -1.18. The second-order valence-corrected chi connectivity index (χ2v) is 7.23. The molecule has 0 radical (unpaired) electrons. The van der Waals surface area contributed by atoms with E-state index in [1.165, 1.54) is 17.6 Å². The average molecular weight is 286 g/mol. The molecule has 0 aliphatic carbocycles. The van der Waals surface area contributed by atoms with Crippen molar-refractivity contribution in [1.29, 1.82) is 0 Å². The molecule has 0 saturated heterocycles. The summed E-state index contributed by atoms with van der Waals surface area (Å²) in [5.41, 5.74) is 1.66. The highest BCUT2D eigenvalue weighted by Gasteiger charge is 2.18. The highest BCUT2D eigenvalue weighted by molar-refractivity contribution is 7.91. The number of sulfonamides is 1. The minimum atomic E-state index is -3.41. The summed E-state index contributed by atoms with van der Waals surface area (Å²) in [6.45, 7) is 4.03. The van der Waals surface area contributed by atoms with E-state index in [1.54, 1.807) is 13.1 Å². The summed E-state index contributed by atoms with van der Waals surface area (Å²) < 4.78 is 31.8. The molecular formula is C11H14N2O3S2. The van der Waals surface area contributed by atoms with Crippen molar-refractivity contribution in [2.75, 3.05) is 6.54 Å². The summed E-state index contributed by atoms with van der Waals surface area (Å²) >= 11 is 1.29. The molecule has 0 aromatic carbocycles. The third-order valence-electron chi connectivity index (χ3n) is 2.43. The molecular weight excluding hydrogens is 272 g/mol. The maximum absolute atomic E-state index is 12.1. The Labute approximate surface area is 110 Å². The van der Waals surface area contributed by atoms with Crippen LogP contribution in [0.3, 0.4) is 0 Å². The van der Waals surface area contributed by atoms with Crippen molar-refractivity contribution in [3.8, 4) is 0 Å². The van der Waals surface area contributed by atoms with E-state index in [1.807, 2.05) is 13.0 Å². The van der Waals surface area contributed by atoms with Gasteiger partial charge in [0.2, 0.25) is 10.0 Å². The minimum absolute atomic E-state index is 0.333. The number of rotatable bonds is 5. The molecule has 0 bridgehead atoms. The first-order valence-electron chi connectivity index (χ1n) is 5.44. The van der Waals surface area contributed by atoms with Crippen LogP contribution >= 0.6 is 11.3 Å². The van der Waals surface area contributed by atoms with Crippen molar-refractivity contribution in [3.05, 3.63) is 34.5 Å². The van der Waals surface area contributed by atoms with Gasteiger partial charge in [-0.1, -0.05) is 5.16 Å². The number of nitrogens with zero attached hydrogens (tertiary/aromatic N) is 1. The second kappa shape index (κ2) is 5.21. The van der Waals surface area contributed by atoms with Gasteiger partial charge in [0.25, 0.3) is 0 Å². The van der Waals surface area contributed by atoms with E-state index in [0.717, 1.165) is 16.0 Å². The largest absolute Gasteiger partial charge is 0.364 e. The SMILES string of the molecule is Cc1cc(C)c(S(=O)(=O)NCCc2cnoc2)s1. The first kappa shape index (κ1) is 13.3. The van der Waals surface area contributed by atoms with Gasteiger partial charge in [-0.15, -0.1) is 11.3 Å². The van der Waals surface area contributed by atoms with Crippen LogP contribution in [-0.4, -0.2) is 20.1 Å². The van der Waals surface area contributed by atoms with Crippen molar-refractivity contribution in [3.63, 3.8) is 0 Å². The standard InChI is InChI=1S/C11H14N2O3S2/c1-8-5-9(2)17-11(8)18(14,15)13-4-3-10-6-12-16-7-10/h5-7,13H,3-4H2,1-2H3. The Morgan fingerprint density at radius 1 is 1.44 bits per heavy atom. The lowest BCUT2D eigenvalue weighted by Gasteiger charge is -2.04. The van der Waals surface area contributed by atoms with Gasteiger partial charge in [0.05, 0.1) is 6.20 Å². The zero-order valence-corrected chi connectivity index (χ0v) is 11.8. The highest BCUT2D eigenvalue weighted by Crippen LogP contribution is 2.25. The molecule has 7 heteroatoms. The Kier molecular flexibility index (Phi) is 3.84. The lowest BCUT2D eigenvalue weighted by atomic mass is 10.3. The van der Waals surface area contributed by atoms with E-state index in [4.69, 9.17) is 0 Å². The third-order valence-corrected chi connectivity index (χ3v) is 5.68. The Balaban J connectivity index is 2.02. The van der Waals surface area contributed by atoms with Crippen LogP contribution in [0.25, 0.3) is 0 Å². The third kappa shape index (κ3) is 2.98. The maximum Gasteiger partial charge on any atom is 0.250 e. The summed E-state index contributed by atoms with van der Waals surface area (Å²) in [7, 11) is -3.41. The van der Waals surface area contributed by atoms with Gasteiger partial charge in [-0.05, 0) is 31.9 Å². The molecule has 0 unspecified atom stereocenters. The van der Waals surface area contributed by atoms with E-state index in [-0.39, 0.29) is 0 Å². The summed E-state index contributed by atoms with van der Waals surface area (Å²) in [5.74, 6) is 0. The predicted molar refractivity (Wildman–Crippen MR) is 69.2 cm³/mol. The lowest BCUT2D eigenvalue weighted by Crippen LogP contribution is -2.25. The number of aromatic nitrogens is 1. The van der Waals surface area contributed by atoms with Crippen molar-refractivity contribution >= 4 is 21.4 Å². The molecule has 5 nitrogen and oxygen atoms in total. The number of nitrogens with one attached hydrogen (secondary N) is 1. The van der Waals surface area contributed by atoms with Gasteiger partial charge in [-0.2, -0.15) is 0 Å². The molecule has 2 aromatic heterocycles. The van der Waals surface area contributed by atoms with Crippen LogP contribution in [0, 0.1) is 13.8 Å². The lowest BCUT2D eigenvalue weighted by molar-refractivity contribution is 0.419. The van der Waals surface area contributed by atoms with Crippen LogP contribution in [0.5, 0.6) is 0 Å². The van der Waals surface area contributed by atoms with Crippen LogP contribution in [0.15, 0.2) is 27.3 Å². The number of hydrogen-bond donors (Lipinski definition) is 1. The van der Waals surface area contributed by atoms with E-state index in [9.17, 15) is 8.42 Å². The summed E-state index contributed by atoms with van der Waals surface area (Å²) in [6, 6.07) is 1.87. The van der Waals surface area contributed by atoms with Crippen molar-refractivity contribution in [1.82, 2.24) is 9.88 Å². The summed E-state index contributed by atoms with van der Waals surface area (Å²) in [5, 5.41) is 3.56. The molecule has 2 rings (SSSR count). The topological polar surface area (TPSA) is 72.2 Å². The Morgan fingerprint density at radius 2 is 2.22 bits per heavy atom. The van der Waals surface area contributed by atoms with Gasteiger partial charge in [0, 0.05) is 17.0 Å². The van der Waals surface area contributed by atoms with Crippen LogP contribution < -0.4 is 4.72 Å². The second-order valence-electron chi connectivity index (χ2n) is 4.01. The number of aryl methyl sites for hydroxylation is 2. The zero-order valence-electron chi connectivity index (χ0n) is 10.1. The highest BCUT2D eigenvalue weighted by atomic mass is 32.2. The van der Waals surface area contributed by atoms with Gasteiger partial charge in [0.1, 0.15) is 10.5 Å². The predicted octanol–water partition coefficient (Wildman–Crippen LogP) is 1.87. The molecule has 0 saturated carbocycles. The smallest absolute Gasteiger partial charge is 0.250 e. The van der Waals surface area contributed by atoms with Gasteiger partial charge in [0.15, 0.2) is 0 Å². The van der Waals surface area contributed by atoms with Crippen molar-refractivity contribution < 1.29 is 12.9 Å². The molecule has 0 aliphatic rings. The van der Waals surface area contributed by atoms with E-state index >= 15 is 0 Å². The van der Waals surface area contributed by atoms with Gasteiger partial charge in [-0.25, -0.2) is 13.1 Å². The Bertz CT molecular complexity index is 615. The van der Waals surface area contributed by atoms with Gasteiger partial charge >= 0.3 is 0 Å². The molecule has 0 aliphatic heterocycles. The van der Waals surface area contributed by atoms with E-state index < -0.39 is 10.0 Å². The van der Waals surface area contributed by atoms with Crippen molar-refractivity contribution in [2.45, 2.75) is 24.5 Å². The molecule has 1 N–H and O–H groups in total. The van der Waals surface area contributed by atoms with Crippen LogP contribution in [0.1, 0.15) is 16.0 Å². The van der Waals surface area contributed by atoms with E-state index in [2.05, 4.69) is 14.4 Å². The molecule has 0 amide bonds. The number of thiophene rings is 1. The quantitative estimate of drug-likeness (QED) is 0.911. The monoisotopic (exact) mass is 286 g/mol. The van der Waals surface area contributed by atoms with E-state index in [0.29, 0.717) is 17.2 Å². The molecule has 0 atom stereocenters. The normalized spacial score (nSPS) is 11.9. The van der Waals surface area contributed by atoms with Gasteiger partial charge < -0.3 is 4.52 Å². The molecule has 0 fully saturated rings. The fourth-order valence-corrected chi connectivity index (χ4v) is 4.37. The maximum atomic E-state index is 12.1. The molecule has 2 heterocycles. The average Bonchev–Trinajstić information content (AvgIpc) is 2.88. The van der Waals surface area contributed by atoms with Gasteiger partial charge in [-0.3, -0.25) is 0 Å². The first-order valence-corrected chi connectivity index (χ1v) is 7.74. The fourth-order valence-electron chi connectivity index (χ4n) is 1.63. The summed E-state index contributed by atoms with van der Waals surface area (Å²) in [4.78, 5) is 0.993. The van der Waals surface area contributed by atoms with Crippen LogP contribution in [0.4, 0.5) is 0 Å². The van der Waals surface area contributed by atoms with Crippen molar-refractivity contribution in [2.24, 2.45) is 0 Å². The minimum Gasteiger partial charge on any atom is -0.364 e. The van der Waals surface area contributed by atoms with Crippen LogP contribution in [-0.2, 0) is 16.4 Å². The molecule has 18 heavy (non-hydrogen) atoms. The summed E-state index contributed by atoms with van der Waals surface area (Å²) in [6.07, 6.45) is 3.65. The Morgan fingerprint density at radius 3 is 2.78 bits per heavy atom. The van der Waals surface area contributed by atoms with Crippen LogP contribution in [0.2, 0.25) is 0 Å². The first-order chi connectivity index (χ1) is 8.49.